The average Bonchev–Trinajstić information content (AvgIpc) is 3.15. The van der Waals surface area contributed by atoms with Gasteiger partial charge in [0.05, 0.1) is 5.69 Å². The Labute approximate surface area is 177 Å². The minimum absolute atomic E-state index is 0.179. The Kier molecular flexibility index (Phi) is 5.46. The predicted octanol–water partition coefficient (Wildman–Crippen LogP) is 4.85. The summed E-state index contributed by atoms with van der Waals surface area (Å²) < 4.78 is 7.41. The summed E-state index contributed by atoms with van der Waals surface area (Å²) in [6, 6.07) is 13.0. The molecule has 0 atom stereocenters. The van der Waals surface area contributed by atoms with Gasteiger partial charge in [0, 0.05) is 48.3 Å². The number of fused-ring (bicyclic) bond motifs is 1. The van der Waals surface area contributed by atoms with Crippen molar-refractivity contribution in [3.63, 3.8) is 0 Å². The smallest absolute Gasteiger partial charge is 0.336 e. The number of nitrogens with zero attached hydrogens (tertiary/aromatic N) is 2. The van der Waals surface area contributed by atoms with Gasteiger partial charge in [0.25, 0.3) is 0 Å². The molecule has 7 heteroatoms. The van der Waals surface area contributed by atoms with Gasteiger partial charge < -0.3 is 9.73 Å². The highest BCUT2D eigenvalue weighted by atomic mass is 32.2. The van der Waals surface area contributed by atoms with Crippen molar-refractivity contribution >= 4 is 34.3 Å². The monoisotopic (exact) mass is 419 g/mol. The standard InChI is InChI=1S/C23H21N3O3S/c1-14-5-4-6-20(15(14)2)26-10-9-24-23(26)30-13-17-11-22(28)29-21-12-18(25-16(3)27)7-8-19(17)21/h4-12H,13H2,1-3H3,(H,25,27). The highest BCUT2D eigenvalue weighted by molar-refractivity contribution is 7.98. The van der Waals surface area contributed by atoms with Gasteiger partial charge >= 0.3 is 5.63 Å². The van der Waals surface area contributed by atoms with Crippen molar-refractivity contribution in [1.82, 2.24) is 9.55 Å². The number of rotatable bonds is 5. The molecule has 30 heavy (non-hydrogen) atoms. The van der Waals surface area contributed by atoms with E-state index in [-0.39, 0.29) is 5.91 Å². The van der Waals surface area contributed by atoms with Crippen molar-refractivity contribution < 1.29 is 9.21 Å². The van der Waals surface area contributed by atoms with Crippen LogP contribution in [0.3, 0.4) is 0 Å². The molecule has 4 rings (SSSR count). The number of benzene rings is 2. The zero-order valence-corrected chi connectivity index (χ0v) is 17.7. The fourth-order valence-corrected chi connectivity index (χ4v) is 4.31. The van der Waals surface area contributed by atoms with Crippen molar-refractivity contribution in [2.24, 2.45) is 0 Å². The highest BCUT2D eigenvalue weighted by Crippen LogP contribution is 2.29. The average molecular weight is 420 g/mol. The summed E-state index contributed by atoms with van der Waals surface area (Å²) in [5.74, 6) is 0.380. The van der Waals surface area contributed by atoms with Crippen LogP contribution in [0.1, 0.15) is 23.6 Å². The van der Waals surface area contributed by atoms with E-state index in [4.69, 9.17) is 4.42 Å². The van der Waals surface area contributed by atoms with Crippen LogP contribution in [0, 0.1) is 13.8 Å². The Morgan fingerprint density at radius 3 is 2.83 bits per heavy atom. The zero-order valence-electron chi connectivity index (χ0n) is 16.9. The van der Waals surface area contributed by atoms with Crippen molar-refractivity contribution in [1.29, 1.82) is 0 Å². The lowest BCUT2D eigenvalue weighted by molar-refractivity contribution is -0.114. The summed E-state index contributed by atoms with van der Waals surface area (Å²) in [5, 5.41) is 4.39. The molecule has 0 bridgehead atoms. The third-order valence-electron chi connectivity index (χ3n) is 4.95. The number of nitrogens with one attached hydrogen (secondary N) is 1. The second kappa shape index (κ2) is 8.20. The molecule has 6 nitrogen and oxygen atoms in total. The van der Waals surface area contributed by atoms with E-state index >= 15 is 0 Å². The third kappa shape index (κ3) is 4.02. The van der Waals surface area contributed by atoms with Gasteiger partial charge in [0.15, 0.2) is 5.16 Å². The van der Waals surface area contributed by atoms with Crippen molar-refractivity contribution in [3.8, 4) is 5.69 Å². The number of hydrogen-bond donors (Lipinski definition) is 1. The first-order valence-electron chi connectivity index (χ1n) is 9.49. The quantitative estimate of drug-likeness (QED) is 0.370. The fraction of sp³-hybridized carbons (Fsp3) is 0.174. The lowest BCUT2D eigenvalue weighted by Gasteiger charge is -2.12. The maximum atomic E-state index is 12.1. The summed E-state index contributed by atoms with van der Waals surface area (Å²) >= 11 is 1.56. The highest BCUT2D eigenvalue weighted by Gasteiger charge is 2.12. The molecule has 0 unspecified atom stereocenters. The number of carbonyl (C=O) groups is 1. The molecule has 0 aliphatic rings. The molecule has 2 heterocycles. The van der Waals surface area contributed by atoms with Gasteiger partial charge in [-0.2, -0.15) is 0 Å². The summed E-state index contributed by atoms with van der Waals surface area (Å²) in [6.07, 6.45) is 3.72. The molecular formula is C23H21N3O3S. The number of thioether (sulfide) groups is 1. The maximum Gasteiger partial charge on any atom is 0.336 e. The van der Waals surface area contributed by atoms with Gasteiger partial charge in [-0.1, -0.05) is 23.9 Å². The van der Waals surface area contributed by atoms with E-state index in [1.54, 1.807) is 30.1 Å². The van der Waals surface area contributed by atoms with Gasteiger partial charge in [0.1, 0.15) is 5.58 Å². The van der Waals surface area contributed by atoms with Crippen LogP contribution in [0.4, 0.5) is 5.69 Å². The molecule has 0 fully saturated rings. The van der Waals surface area contributed by atoms with Crippen LogP contribution in [-0.4, -0.2) is 15.5 Å². The van der Waals surface area contributed by atoms with Crippen LogP contribution < -0.4 is 10.9 Å². The first kappa shape index (κ1) is 20.0. The molecule has 0 saturated carbocycles. The number of carbonyl (C=O) groups excluding carboxylic acids is 1. The number of aryl methyl sites for hydroxylation is 1. The molecule has 2 aromatic heterocycles. The topological polar surface area (TPSA) is 77.1 Å². The lowest BCUT2D eigenvalue weighted by Crippen LogP contribution is -2.06. The third-order valence-corrected chi connectivity index (χ3v) is 5.97. The maximum absolute atomic E-state index is 12.1. The molecule has 1 amide bonds. The zero-order chi connectivity index (χ0) is 21.3. The minimum Gasteiger partial charge on any atom is -0.423 e. The van der Waals surface area contributed by atoms with Crippen LogP contribution in [0.5, 0.6) is 0 Å². The Morgan fingerprint density at radius 2 is 2.03 bits per heavy atom. The number of imidazole rings is 1. The summed E-state index contributed by atoms with van der Waals surface area (Å²) in [7, 11) is 0. The summed E-state index contributed by atoms with van der Waals surface area (Å²) in [6.45, 7) is 5.63. The first-order chi connectivity index (χ1) is 14.4. The van der Waals surface area contributed by atoms with E-state index in [0.29, 0.717) is 17.0 Å². The van der Waals surface area contributed by atoms with Crippen LogP contribution in [0.25, 0.3) is 16.7 Å². The Morgan fingerprint density at radius 1 is 1.20 bits per heavy atom. The van der Waals surface area contributed by atoms with E-state index in [2.05, 4.69) is 40.8 Å². The molecule has 0 radical (unpaired) electrons. The van der Waals surface area contributed by atoms with Crippen LogP contribution in [-0.2, 0) is 10.5 Å². The van der Waals surface area contributed by atoms with Crippen molar-refractivity contribution in [2.45, 2.75) is 31.7 Å². The molecule has 1 N–H and O–H groups in total. The van der Waals surface area contributed by atoms with Crippen LogP contribution in [0.2, 0.25) is 0 Å². The van der Waals surface area contributed by atoms with Gasteiger partial charge in [-0.3, -0.25) is 9.36 Å². The van der Waals surface area contributed by atoms with Gasteiger partial charge in [-0.25, -0.2) is 9.78 Å². The van der Waals surface area contributed by atoms with Crippen molar-refractivity contribution in [3.05, 3.63) is 82.0 Å². The molecule has 0 aliphatic heterocycles. The normalized spacial score (nSPS) is 11.0. The molecule has 0 spiro atoms. The fourth-order valence-electron chi connectivity index (χ4n) is 3.35. The van der Waals surface area contributed by atoms with Gasteiger partial charge in [0.2, 0.25) is 5.91 Å². The Hall–Kier alpha value is -3.32. The van der Waals surface area contributed by atoms with Gasteiger partial charge in [-0.15, -0.1) is 0 Å². The number of anilines is 1. The number of hydrogen-bond acceptors (Lipinski definition) is 5. The number of aromatic nitrogens is 2. The minimum atomic E-state index is -0.420. The molecule has 0 aliphatic carbocycles. The Balaban J connectivity index is 1.65. The summed E-state index contributed by atoms with van der Waals surface area (Å²) in [4.78, 5) is 27.9. The van der Waals surface area contributed by atoms with E-state index < -0.39 is 5.63 Å². The second-order valence-corrected chi connectivity index (χ2v) is 8.01. The largest absolute Gasteiger partial charge is 0.423 e. The van der Waals surface area contributed by atoms with Crippen LogP contribution >= 0.6 is 11.8 Å². The summed E-state index contributed by atoms with van der Waals surface area (Å²) in [5.41, 5.74) is 4.99. The number of amides is 1. The van der Waals surface area contributed by atoms with Crippen molar-refractivity contribution in [2.75, 3.05) is 5.32 Å². The first-order valence-corrected chi connectivity index (χ1v) is 10.5. The molecule has 2 aromatic carbocycles. The Bertz CT molecular complexity index is 1310. The molecular weight excluding hydrogens is 398 g/mol. The van der Waals surface area contributed by atoms with E-state index in [1.165, 1.54) is 24.1 Å². The van der Waals surface area contributed by atoms with Crippen LogP contribution in [0.15, 0.2) is 69.2 Å². The predicted molar refractivity (Wildman–Crippen MR) is 119 cm³/mol. The SMILES string of the molecule is CC(=O)Nc1ccc2c(CSc3nccn3-c3cccc(C)c3C)cc(=O)oc2c1. The van der Waals surface area contributed by atoms with E-state index in [1.807, 2.05) is 18.3 Å². The second-order valence-electron chi connectivity index (χ2n) is 7.07. The van der Waals surface area contributed by atoms with E-state index in [9.17, 15) is 9.59 Å². The molecule has 0 saturated heterocycles. The molecule has 4 aromatic rings. The van der Waals surface area contributed by atoms with E-state index in [0.717, 1.165) is 21.8 Å². The lowest BCUT2D eigenvalue weighted by atomic mass is 10.1. The van der Waals surface area contributed by atoms with Gasteiger partial charge in [-0.05, 0) is 48.7 Å². The molecule has 152 valence electrons.